The Hall–Kier alpha value is -1.44. The Morgan fingerprint density at radius 1 is 1.20 bits per heavy atom. The van der Waals surface area contributed by atoms with E-state index < -0.39 is 10.0 Å². The van der Waals surface area contributed by atoms with Crippen molar-refractivity contribution in [3.05, 3.63) is 29.8 Å². The highest BCUT2D eigenvalue weighted by Crippen LogP contribution is 2.22. The Morgan fingerprint density at radius 2 is 1.84 bits per heavy atom. The lowest BCUT2D eigenvalue weighted by Gasteiger charge is -2.20. The number of benzene rings is 1. The van der Waals surface area contributed by atoms with E-state index in [2.05, 4.69) is 21.9 Å². The number of rotatable bonds is 8. The maximum absolute atomic E-state index is 12.2. The molecule has 1 saturated carbocycles. The summed E-state index contributed by atoms with van der Waals surface area (Å²) in [6.07, 6.45) is 4.33. The van der Waals surface area contributed by atoms with Crippen molar-refractivity contribution >= 4 is 15.9 Å². The maximum atomic E-state index is 12.2. The fourth-order valence-corrected chi connectivity index (χ4v) is 4.42. The van der Waals surface area contributed by atoms with Crippen molar-refractivity contribution in [1.29, 1.82) is 0 Å². The van der Waals surface area contributed by atoms with Crippen LogP contribution >= 0.6 is 0 Å². The molecule has 1 aliphatic heterocycles. The quantitative estimate of drug-likeness (QED) is 0.733. The fourth-order valence-electron chi connectivity index (χ4n) is 3.11. The lowest BCUT2D eigenvalue weighted by molar-refractivity contribution is 0.0945. The largest absolute Gasteiger partial charge is 0.352 e. The molecule has 1 saturated heterocycles. The summed E-state index contributed by atoms with van der Waals surface area (Å²) in [6.45, 7) is 6.08. The van der Waals surface area contributed by atoms with Crippen molar-refractivity contribution < 1.29 is 13.2 Å². The molecule has 1 heterocycles. The number of nitrogens with one attached hydrogen (secondary N) is 2. The van der Waals surface area contributed by atoms with Gasteiger partial charge in [0.1, 0.15) is 0 Å². The Bertz CT molecular complexity index is 693. The Labute approximate surface area is 150 Å². The molecule has 0 spiro atoms. The molecule has 2 fully saturated rings. The van der Waals surface area contributed by atoms with Crippen molar-refractivity contribution in [2.24, 2.45) is 5.92 Å². The van der Waals surface area contributed by atoms with Crippen molar-refractivity contribution in [1.82, 2.24) is 14.9 Å². The molecule has 2 aliphatic rings. The third-order valence-electron chi connectivity index (χ3n) is 4.71. The summed E-state index contributed by atoms with van der Waals surface area (Å²) in [5, 5.41) is 2.94. The summed E-state index contributed by atoms with van der Waals surface area (Å²) in [5.41, 5.74) is 0.485. The molecular weight excluding hydrogens is 338 g/mol. The van der Waals surface area contributed by atoms with Crippen LogP contribution in [0.25, 0.3) is 0 Å². The van der Waals surface area contributed by atoms with Crippen molar-refractivity contribution in [2.45, 2.75) is 43.5 Å². The number of likely N-dealkylation sites (tertiary alicyclic amines) is 1. The summed E-state index contributed by atoms with van der Waals surface area (Å²) in [5.74, 6) is 0.233. The SMILES string of the molecule is C[C@@H](CNC(=O)c1ccc(S(=O)(=O)NC2CC2)cc1)CN1CCCC1. The molecule has 1 atom stereocenters. The van der Waals surface area contributed by atoms with E-state index in [-0.39, 0.29) is 16.8 Å². The first-order valence-corrected chi connectivity index (χ1v) is 10.6. The minimum atomic E-state index is -3.47. The average molecular weight is 365 g/mol. The van der Waals surface area contributed by atoms with Gasteiger partial charge in [-0.1, -0.05) is 6.92 Å². The van der Waals surface area contributed by atoms with Gasteiger partial charge in [0.2, 0.25) is 10.0 Å². The van der Waals surface area contributed by atoms with Gasteiger partial charge in [0.15, 0.2) is 0 Å². The summed E-state index contributed by atoms with van der Waals surface area (Å²) < 4.78 is 26.9. The number of hydrogen-bond donors (Lipinski definition) is 2. The minimum Gasteiger partial charge on any atom is -0.352 e. The standard InChI is InChI=1S/C18H27N3O3S/c1-14(13-21-10-2-3-11-21)12-19-18(22)15-4-8-17(9-5-15)25(23,24)20-16-6-7-16/h4-5,8-9,14,16,20H,2-3,6-7,10-13H2,1H3,(H,19,22)/t14-/m0/s1. The molecule has 1 amide bonds. The molecule has 2 N–H and O–H groups in total. The van der Waals surface area contributed by atoms with E-state index in [1.165, 1.54) is 25.0 Å². The predicted molar refractivity (Wildman–Crippen MR) is 97.0 cm³/mol. The minimum absolute atomic E-state index is 0.0741. The lowest BCUT2D eigenvalue weighted by atomic mass is 10.1. The summed E-state index contributed by atoms with van der Waals surface area (Å²) in [4.78, 5) is 14.9. The molecule has 138 valence electrons. The number of sulfonamides is 1. The molecule has 25 heavy (non-hydrogen) atoms. The first-order chi connectivity index (χ1) is 11.9. The number of carbonyl (C=O) groups is 1. The van der Waals surface area contributed by atoms with Gasteiger partial charge in [-0.3, -0.25) is 4.79 Å². The first-order valence-electron chi connectivity index (χ1n) is 9.07. The van der Waals surface area contributed by atoms with Crippen LogP contribution in [-0.2, 0) is 10.0 Å². The second-order valence-electron chi connectivity index (χ2n) is 7.24. The highest BCUT2D eigenvalue weighted by molar-refractivity contribution is 7.89. The lowest BCUT2D eigenvalue weighted by Crippen LogP contribution is -2.34. The van der Waals surface area contributed by atoms with Gasteiger partial charge in [-0.2, -0.15) is 0 Å². The van der Waals surface area contributed by atoms with Crippen molar-refractivity contribution in [3.8, 4) is 0 Å². The van der Waals surface area contributed by atoms with Crippen LogP contribution in [0.15, 0.2) is 29.2 Å². The van der Waals surface area contributed by atoms with E-state index in [0.717, 1.165) is 32.5 Å². The second kappa shape index (κ2) is 7.85. The molecule has 6 nitrogen and oxygen atoms in total. The van der Waals surface area contributed by atoms with Crippen LogP contribution in [0.2, 0.25) is 0 Å². The van der Waals surface area contributed by atoms with Crippen LogP contribution in [0, 0.1) is 5.92 Å². The summed E-state index contributed by atoms with van der Waals surface area (Å²) in [7, 11) is -3.47. The van der Waals surface area contributed by atoms with E-state index in [4.69, 9.17) is 0 Å². The topological polar surface area (TPSA) is 78.5 Å². The molecule has 1 aliphatic carbocycles. The Morgan fingerprint density at radius 3 is 2.44 bits per heavy atom. The number of hydrogen-bond acceptors (Lipinski definition) is 4. The smallest absolute Gasteiger partial charge is 0.251 e. The van der Waals surface area contributed by atoms with Gasteiger partial charge in [-0.15, -0.1) is 0 Å². The number of nitrogens with zero attached hydrogens (tertiary/aromatic N) is 1. The summed E-state index contributed by atoms with van der Waals surface area (Å²) >= 11 is 0. The summed E-state index contributed by atoms with van der Waals surface area (Å²) in [6, 6.07) is 6.20. The Balaban J connectivity index is 1.50. The van der Waals surface area contributed by atoms with E-state index in [9.17, 15) is 13.2 Å². The van der Waals surface area contributed by atoms with Crippen LogP contribution in [0.4, 0.5) is 0 Å². The van der Waals surface area contributed by atoms with E-state index >= 15 is 0 Å². The molecule has 0 bridgehead atoms. The van der Waals surface area contributed by atoms with Gasteiger partial charge in [-0.05, 0) is 69.0 Å². The number of amides is 1. The third-order valence-corrected chi connectivity index (χ3v) is 6.24. The molecular formula is C18H27N3O3S. The van der Waals surface area contributed by atoms with Crippen molar-refractivity contribution in [2.75, 3.05) is 26.2 Å². The molecule has 1 aromatic rings. The average Bonchev–Trinajstić information content (AvgIpc) is 3.24. The van der Waals surface area contributed by atoms with Gasteiger partial charge in [0, 0.05) is 24.7 Å². The molecule has 0 radical (unpaired) electrons. The van der Waals surface area contributed by atoms with Gasteiger partial charge < -0.3 is 10.2 Å². The molecule has 0 unspecified atom stereocenters. The van der Waals surface area contributed by atoms with E-state index in [1.807, 2.05) is 0 Å². The van der Waals surface area contributed by atoms with Crippen molar-refractivity contribution in [3.63, 3.8) is 0 Å². The monoisotopic (exact) mass is 365 g/mol. The maximum Gasteiger partial charge on any atom is 0.251 e. The zero-order valence-corrected chi connectivity index (χ0v) is 15.5. The van der Waals surface area contributed by atoms with Gasteiger partial charge in [-0.25, -0.2) is 13.1 Å². The Kier molecular flexibility index (Phi) is 5.76. The van der Waals surface area contributed by atoms with Gasteiger partial charge in [0.25, 0.3) is 5.91 Å². The van der Waals surface area contributed by atoms with E-state index in [1.54, 1.807) is 12.1 Å². The van der Waals surface area contributed by atoms with Crippen LogP contribution in [0.3, 0.4) is 0 Å². The zero-order valence-electron chi connectivity index (χ0n) is 14.7. The van der Waals surface area contributed by atoms with Crippen LogP contribution in [0.5, 0.6) is 0 Å². The molecule has 7 heteroatoms. The zero-order chi connectivity index (χ0) is 17.9. The first kappa shape index (κ1) is 18.4. The predicted octanol–water partition coefficient (Wildman–Crippen LogP) is 1.59. The van der Waals surface area contributed by atoms with Gasteiger partial charge in [0.05, 0.1) is 4.90 Å². The highest BCUT2D eigenvalue weighted by atomic mass is 32.2. The molecule has 0 aromatic heterocycles. The van der Waals surface area contributed by atoms with Gasteiger partial charge >= 0.3 is 0 Å². The molecule has 1 aromatic carbocycles. The second-order valence-corrected chi connectivity index (χ2v) is 8.96. The van der Waals surface area contributed by atoms with E-state index in [0.29, 0.717) is 18.0 Å². The van der Waals surface area contributed by atoms with Crippen LogP contribution in [0.1, 0.15) is 43.0 Å². The normalized spacial score (nSPS) is 19.7. The van der Waals surface area contributed by atoms with Crippen LogP contribution < -0.4 is 10.0 Å². The van der Waals surface area contributed by atoms with Crippen LogP contribution in [-0.4, -0.2) is 51.4 Å². The third kappa shape index (κ3) is 5.26. The molecule has 3 rings (SSSR count). The number of carbonyl (C=O) groups excluding carboxylic acids is 1. The fraction of sp³-hybridized carbons (Fsp3) is 0.611. The highest BCUT2D eigenvalue weighted by Gasteiger charge is 2.28.